The van der Waals surface area contributed by atoms with E-state index in [0.29, 0.717) is 21.8 Å². The number of hydrogen-bond acceptors (Lipinski definition) is 6. The summed E-state index contributed by atoms with van der Waals surface area (Å²) >= 11 is 0. The second-order valence-electron chi connectivity index (χ2n) is 8.97. The maximum absolute atomic E-state index is 13.6. The van der Waals surface area contributed by atoms with Gasteiger partial charge < -0.3 is 9.88 Å². The number of rotatable bonds is 6. The molecule has 13 heteroatoms. The molecule has 0 saturated heterocycles. The van der Waals surface area contributed by atoms with Crippen LogP contribution < -0.4 is 10.7 Å². The summed E-state index contributed by atoms with van der Waals surface area (Å²) in [5, 5.41) is 15.5. The van der Waals surface area contributed by atoms with Gasteiger partial charge in [0.15, 0.2) is 0 Å². The number of amides is 1. The van der Waals surface area contributed by atoms with E-state index in [0.717, 1.165) is 12.1 Å². The van der Waals surface area contributed by atoms with Crippen molar-refractivity contribution in [1.29, 1.82) is 5.26 Å². The predicted octanol–water partition coefficient (Wildman–Crippen LogP) is 4.43. The molecule has 4 rings (SSSR count). The summed E-state index contributed by atoms with van der Waals surface area (Å²) in [6.07, 6.45) is 2.72. The first-order valence-corrected chi connectivity index (χ1v) is 13.6. The Kier molecular flexibility index (Phi) is 7.66. The van der Waals surface area contributed by atoms with Crippen LogP contribution in [0, 0.1) is 18.4 Å². The topological polar surface area (TPSA) is 122 Å². The summed E-state index contributed by atoms with van der Waals surface area (Å²) in [5.74, 6) is -0.737. The number of nitrogens with zero attached hydrogens (tertiary/aromatic N) is 5. The van der Waals surface area contributed by atoms with Gasteiger partial charge in [0, 0.05) is 48.4 Å². The van der Waals surface area contributed by atoms with E-state index in [1.54, 1.807) is 32.3 Å². The summed E-state index contributed by atoms with van der Waals surface area (Å²) < 4.78 is 59.2. The quantitative estimate of drug-likeness (QED) is 0.345. The fraction of sp³-hybridized carbons (Fsp3) is 0.185. The lowest BCUT2D eigenvalue weighted by molar-refractivity contribution is -0.137. The van der Waals surface area contributed by atoms with Crippen molar-refractivity contribution >= 4 is 15.6 Å². The van der Waals surface area contributed by atoms with Crippen LogP contribution in [0.15, 0.2) is 81.2 Å². The van der Waals surface area contributed by atoms with E-state index in [9.17, 15) is 27.0 Å². The molecule has 0 saturated carbocycles. The summed E-state index contributed by atoms with van der Waals surface area (Å²) in [4.78, 5) is 27.1. The number of carbonyl (C=O) groups excluding carboxylic acids is 1. The number of halogens is 3. The SMILES string of the molecule is Cc1c(-c2cccc(C(F)(F)F)c2)c(=O)c(C(=O)NCc2ccc(S(C)(=O)=NC#N)cc2)cn1-c1cnn(C)c1. The molecule has 9 nitrogen and oxygen atoms in total. The van der Waals surface area contributed by atoms with Crippen LogP contribution >= 0.6 is 0 Å². The minimum absolute atomic E-state index is 0.00148. The molecule has 0 bridgehead atoms. The first-order valence-electron chi connectivity index (χ1n) is 11.7. The third-order valence-electron chi connectivity index (χ3n) is 6.17. The van der Waals surface area contributed by atoms with Crippen molar-refractivity contribution in [2.75, 3.05) is 6.26 Å². The Morgan fingerprint density at radius 2 is 1.88 bits per heavy atom. The zero-order chi connectivity index (χ0) is 29.2. The number of alkyl halides is 3. The maximum atomic E-state index is 13.6. The molecule has 1 atom stereocenters. The number of pyridine rings is 1. The molecule has 1 amide bonds. The van der Waals surface area contributed by atoms with E-state index in [4.69, 9.17) is 5.26 Å². The molecule has 0 spiro atoms. The van der Waals surface area contributed by atoms with Crippen molar-refractivity contribution in [3.05, 3.63) is 99.7 Å². The van der Waals surface area contributed by atoms with Gasteiger partial charge >= 0.3 is 6.18 Å². The fourth-order valence-electron chi connectivity index (χ4n) is 4.13. The molecule has 40 heavy (non-hydrogen) atoms. The van der Waals surface area contributed by atoms with Crippen LogP contribution in [-0.4, -0.2) is 30.7 Å². The Hall–Kier alpha value is -4.70. The summed E-state index contributed by atoms with van der Waals surface area (Å²) in [6.45, 7) is 1.58. The van der Waals surface area contributed by atoms with Crippen LogP contribution in [0.5, 0.6) is 0 Å². The number of benzene rings is 2. The summed E-state index contributed by atoms with van der Waals surface area (Å²) in [6, 6.07) is 10.6. The molecule has 1 unspecified atom stereocenters. The number of carbonyl (C=O) groups is 1. The first-order chi connectivity index (χ1) is 18.8. The summed E-state index contributed by atoms with van der Waals surface area (Å²) in [5.41, 5.74) is -0.511. The normalized spacial score (nSPS) is 12.8. The predicted molar refractivity (Wildman–Crippen MR) is 142 cm³/mol. The summed E-state index contributed by atoms with van der Waals surface area (Å²) in [7, 11) is -1.20. The second kappa shape index (κ2) is 10.8. The first kappa shape index (κ1) is 28.3. The second-order valence-corrected chi connectivity index (χ2v) is 11.2. The van der Waals surface area contributed by atoms with Gasteiger partial charge in [0.2, 0.25) is 11.6 Å². The lowest BCUT2D eigenvalue weighted by Crippen LogP contribution is -2.30. The van der Waals surface area contributed by atoms with Gasteiger partial charge in [0.05, 0.1) is 27.2 Å². The Morgan fingerprint density at radius 3 is 2.48 bits per heavy atom. The molecule has 0 aliphatic carbocycles. The Labute approximate surface area is 227 Å². The molecule has 0 fully saturated rings. The molecule has 4 aromatic rings. The zero-order valence-corrected chi connectivity index (χ0v) is 22.4. The average molecular weight is 569 g/mol. The van der Waals surface area contributed by atoms with E-state index < -0.39 is 32.8 Å². The van der Waals surface area contributed by atoms with Crippen LogP contribution in [0.1, 0.15) is 27.2 Å². The van der Waals surface area contributed by atoms with Crippen molar-refractivity contribution in [1.82, 2.24) is 19.7 Å². The smallest absolute Gasteiger partial charge is 0.348 e. The monoisotopic (exact) mass is 568 g/mol. The Bertz CT molecular complexity index is 1830. The van der Waals surface area contributed by atoms with Gasteiger partial charge in [-0.3, -0.25) is 14.3 Å². The van der Waals surface area contributed by atoms with E-state index in [-0.39, 0.29) is 23.2 Å². The largest absolute Gasteiger partial charge is 0.416 e. The Morgan fingerprint density at radius 1 is 1.18 bits per heavy atom. The molecular weight excluding hydrogens is 545 g/mol. The number of hydrogen-bond donors (Lipinski definition) is 1. The van der Waals surface area contributed by atoms with Crippen molar-refractivity contribution < 1.29 is 22.2 Å². The highest BCUT2D eigenvalue weighted by Crippen LogP contribution is 2.32. The highest BCUT2D eigenvalue weighted by atomic mass is 32.2. The van der Waals surface area contributed by atoms with Crippen molar-refractivity contribution in [2.24, 2.45) is 11.4 Å². The molecule has 1 N–H and O–H groups in total. The number of nitrogens with one attached hydrogen (secondary N) is 1. The van der Waals surface area contributed by atoms with E-state index >= 15 is 0 Å². The lowest BCUT2D eigenvalue weighted by Gasteiger charge is -2.17. The van der Waals surface area contributed by atoms with Gasteiger partial charge in [-0.05, 0) is 42.3 Å². The van der Waals surface area contributed by atoms with Gasteiger partial charge in [-0.2, -0.15) is 23.5 Å². The standard InChI is InChI=1S/C27H23F3N6O3S/c1-17-24(19-5-4-6-20(11-19)27(28,29)30)25(37)23(15-36(17)21-13-33-35(2)14-21)26(38)32-12-18-7-9-22(10-8-18)40(3,39)34-16-31/h4-11,13-15H,12H2,1-3H3,(H,32,38). The molecule has 0 radical (unpaired) electrons. The zero-order valence-electron chi connectivity index (χ0n) is 21.6. The van der Waals surface area contributed by atoms with Gasteiger partial charge in [-0.15, -0.1) is 4.36 Å². The van der Waals surface area contributed by atoms with Gasteiger partial charge in [0.1, 0.15) is 5.56 Å². The van der Waals surface area contributed by atoms with Crippen LogP contribution in [0.4, 0.5) is 13.2 Å². The van der Waals surface area contributed by atoms with Gasteiger partial charge in [-0.25, -0.2) is 4.21 Å². The van der Waals surface area contributed by atoms with Crippen molar-refractivity contribution in [3.8, 4) is 23.0 Å². The van der Waals surface area contributed by atoms with Crippen LogP contribution in [-0.2, 0) is 29.5 Å². The minimum Gasteiger partial charge on any atom is -0.348 e. The van der Waals surface area contributed by atoms with Gasteiger partial charge in [-0.1, -0.05) is 24.3 Å². The molecule has 206 valence electrons. The number of aryl methyl sites for hydroxylation is 1. The number of aromatic nitrogens is 3. The van der Waals surface area contributed by atoms with Crippen molar-refractivity contribution in [3.63, 3.8) is 0 Å². The van der Waals surface area contributed by atoms with Crippen molar-refractivity contribution in [2.45, 2.75) is 24.5 Å². The van der Waals surface area contributed by atoms with Gasteiger partial charge in [0.25, 0.3) is 5.91 Å². The third kappa shape index (κ3) is 5.81. The Balaban J connectivity index is 1.75. The number of nitriles is 1. The molecule has 2 aromatic carbocycles. The highest BCUT2D eigenvalue weighted by Gasteiger charge is 2.31. The molecule has 0 aliphatic heterocycles. The van der Waals surface area contributed by atoms with Crippen LogP contribution in [0.25, 0.3) is 16.8 Å². The highest BCUT2D eigenvalue weighted by molar-refractivity contribution is 7.93. The fourth-order valence-corrected chi connectivity index (χ4v) is 5.03. The molecular formula is C27H23F3N6O3S. The lowest BCUT2D eigenvalue weighted by atomic mass is 9.98. The third-order valence-corrected chi connectivity index (χ3v) is 7.75. The average Bonchev–Trinajstić information content (AvgIpc) is 3.33. The molecule has 0 aliphatic rings. The molecule has 2 heterocycles. The van der Waals surface area contributed by atoms with E-state index in [1.807, 2.05) is 0 Å². The van der Waals surface area contributed by atoms with Crippen LogP contribution in [0.2, 0.25) is 0 Å². The minimum atomic E-state index is -4.62. The van der Waals surface area contributed by atoms with E-state index in [1.165, 1.54) is 58.4 Å². The van der Waals surface area contributed by atoms with E-state index in [2.05, 4.69) is 14.8 Å². The molecule has 2 aromatic heterocycles. The van der Waals surface area contributed by atoms with Crippen LogP contribution in [0.3, 0.4) is 0 Å². The maximum Gasteiger partial charge on any atom is 0.416 e.